The predicted octanol–water partition coefficient (Wildman–Crippen LogP) is 2.45. The Morgan fingerprint density at radius 3 is 2.88 bits per heavy atom. The lowest BCUT2D eigenvalue weighted by molar-refractivity contribution is 0.116. The zero-order valence-corrected chi connectivity index (χ0v) is 11.1. The van der Waals surface area contributed by atoms with E-state index in [1.165, 1.54) is 11.3 Å². The van der Waals surface area contributed by atoms with E-state index >= 15 is 0 Å². The van der Waals surface area contributed by atoms with Gasteiger partial charge in [-0.05, 0) is 26.0 Å². The number of hydrogen-bond donors (Lipinski definition) is 2. The molecule has 0 amide bonds. The maximum absolute atomic E-state index is 9.86. The molecule has 1 rings (SSSR count). The fourth-order valence-corrected chi connectivity index (χ4v) is 2.32. The summed E-state index contributed by atoms with van der Waals surface area (Å²) in [4.78, 5) is 0.890. The van der Waals surface area contributed by atoms with Gasteiger partial charge in [0.1, 0.15) is 6.10 Å². The van der Waals surface area contributed by atoms with Crippen LogP contribution in [0.5, 0.6) is 0 Å². The van der Waals surface area contributed by atoms with Crippen LogP contribution in [0.4, 0.5) is 0 Å². The van der Waals surface area contributed by atoms with Crippen LogP contribution in [0.2, 0.25) is 4.34 Å². The number of rotatable bonds is 7. The molecule has 2 N–H and O–H groups in total. The molecule has 0 radical (unpaired) electrons. The quantitative estimate of drug-likeness (QED) is 0.794. The first-order chi connectivity index (χ1) is 7.63. The Morgan fingerprint density at radius 1 is 1.56 bits per heavy atom. The molecule has 0 saturated carbocycles. The molecular weight excluding hydrogens is 246 g/mol. The number of thiophene rings is 1. The molecule has 0 fully saturated rings. The summed E-state index contributed by atoms with van der Waals surface area (Å²) in [5, 5.41) is 13.1. The fraction of sp³-hybridized carbons (Fsp3) is 0.636. The van der Waals surface area contributed by atoms with Crippen LogP contribution in [-0.4, -0.2) is 30.9 Å². The van der Waals surface area contributed by atoms with Crippen molar-refractivity contribution in [1.82, 2.24) is 5.32 Å². The monoisotopic (exact) mass is 263 g/mol. The molecule has 0 spiro atoms. The minimum Gasteiger partial charge on any atom is -0.386 e. The zero-order chi connectivity index (χ0) is 12.0. The third-order valence-electron chi connectivity index (χ3n) is 2.15. The van der Waals surface area contributed by atoms with Crippen molar-refractivity contribution >= 4 is 22.9 Å². The Balaban J connectivity index is 2.27. The van der Waals surface area contributed by atoms with Gasteiger partial charge >= 0.3 is 0 Å². The van der Waals surface area contributed by atoms with Crippen LogP contribution >= 0.6 is 22.9 Å². The van der Waals surface area contributed by atoms with Gasteiger partial charge in [0.2, 0.25) is 0 Å². The second-order valence-electron chi connectivity index (χ2n) is 3.63. The lowest BCUT2D eigenvalue weighted by Crippen LogP contribution is -2.33. The lowest BCUT2D eigenvalue weighted by atomic mass is 10.2. The van der Waals surface area contributed by atoms with Gasteiger partial charge in [-0.2, -0.15) is 0 Å². The second kappa shape index (κ2) is 7.25. The van der Waals surface area contributed by atoms with Crippen LogP contribution in [0.3, 0.4) is 0 Å². The van der Waals surface area contributed by atoms with Crippen molar-refractivity contribution in [2.75, 3.05) is 19.8 Å². The smallest absolute Gasteiger partial charge is 0.101 e. The molecule has 2 unspecified atom stereocenters. The molecule has 5 heteroatoms. The van der Waals surface area contributed by atoms with E-state index in [0.29, 0.717) is 17.5 Å². The molecule has 0 saturated heterocycles. The molecule has 0 bridgehead atoms. The van der Waals surface area contributed by atoms with E-state index in [-0.39, 0.29) is 6.04 Å². The molecule has 2 atom stereocenters. The third-order valence-corrected chi connectivity index (χ3v) is 3.49. The maximum Gasteiger partial charge on any atom is 0.101 e. The van der Waals surface area contributed by atoms with Gasteiger partial charge in [-0.25, -0.2) is 0 Å². The number of nitrogens with one attached hydrogen (secondary N) is 1. The predicted molar refractivity (Wildman–Crippen MR) is 68.2 cm³/mol. The topological polar surface area (TPSA) is 41.5 Å². The standard InChI is InChI=1S/C11H18ClNO2S/c1-3-15-7-8(2)13-6-9(14)10-4-5-11(12)16-10/h4-5,8-9,13-14H,3,6-7H2,1-2H3. The van der Waals surface area contributed by atoms with E-state index in [0.717, 1.165) is 11.5 Å². The van der Waals surface area contributed by atoms with Crippen LogP contribution in [0.25, 0.3) is 0 Å². The SMILES string of the molecule is CCOCC(C)NCC(O)c1ccc(Cl)s1. The Hall–Kier alpha value is -0.130. The first-order valence-electron chi connectivity index (χ1n) is 5.38. The molecule has 1 aromatic rings. The van der Waals surface area contributed by atoms with Crippen molar-refractivity contribution in [1.29, 1.82) is 0 Å². The number of aliphatic hydroxyl groups is 1. The second-order valence-corrected chi connectivity index (χ2v) is 5.37. The molecule has 92 valence electrons. The molecule has 1 aromatic heterocycles. The maximum atomic E-state index is 9.86. The minimum absolute atomic E-state index is 0.241. The first kappa shape index (κ1) is 13.9. The van der Waals surface area contributed by atoms with Gasteiger partial charge in [0.25, 0.3) is 0 Å². The average Bonchev–Trinajstić information content (AvgIpc) is 2.69. The van der Waals surface area contributed by atoms with Crippen LogP contribution in [0.1, 0.15) is 24.8 Å². The summed E-state index contributed by atoms with van der Waals surface area (Å²) in [7, 11) is 0. The van der Waals surface area contributed by atoms with E-state index in [4.69, 9.17) is 16.3 Å². The highest BCUT2D eigenvalue weighted by atomic mass is 35.5. The minimum atomic E-state index is -0.499. The number of ether oxygens (including phenoxy) is 1. The van der Waals surface area contributed by atoms with Crippen molar-refractivity contribution in [2.24, 2.45) is 0 Å². The third kappa shape index (κ3) is 4.80. The summed E-state index contributed by atoms with van der Waals surface area (Å²) < 4.78 is 5.98. The largest absolute Gasteiger partial charge is 0.386 e. The lowest BCUT2D eigenvalue weighted by Gasteiger charge is -2.16. The molecule has 16 heavy (non-hydrogen) atoms. The number of aliphatic hydroxyl groups excluding tert-OH is 1. The summed E-state index contributed by atoms with van der Waals surface area (Å²) in [6.45, 7) is 5.90. The Kier molecular flexibility index (Phi) is 6.31. The molecule has 0 aliphatic heterocycles. The van der Waals surface area contributed by atoms with Crippen LogP contribution in [-0.2, 0) is 4.74 Å². The molecular formula is C11H18ClNO2S. The van der Waals surface area contributed by atoms with E-state index in [2.05, 4.69) is 5.32 Å². The van der Waals surface area contributed by atoms with Gasteiger partial charge in [-0.1, -0.05) is 11.6 Å². The van der Waals surface area contributed by atoms with Gasteiger partial charge in [0, 0.05) is 24.1 Å². The zero-order valence-electron chi connectivity index (χ0n) is 9.57. The summed E-state index contributed by atoms with van der Waals surface area (Å²) in [6, 6.07) is 3.89. The van der Waals surface area contributed by atoms with Crippen LogP contribution in [0.15, 0.2) is 12.1 Å². The highest BCUT2D eigenvalue weighted by Gasteiger charge is 2.11. The first-order valence-corrected chi connectivity index (χ1v) is 6.57. The van der Waals surface area contributed by atoms with Gasteiger partial charge in [-0.3, -0.25) is 0 Å². The summed E-state index contributed by atoms with van der Waals surface area (Å²) in [5.41, 5.74) is 0. The van der Waals surface area contributed by atoms with E-state index in [9.17, 15) is 5.11 Å². The van der Waals surface area contributed by atoms with Gasteiger partial charge < -0.3 is 15.2 Å². The van der Waals surface area contributed by atoms with Crippen molar-refractivity contribution < 1.29 is 9.84 Å². The molecule has 1 heterocycles. The highest BCUT2D eigenvalue weighted by Crippen LogP contribution is 2.26. The van der Waals surface area contributed by atoms with Crippen molar-refractivity contribution in [3.8, 4) is 0 Å². The molecule has 0 aliphatic rings. The van der Waals surface area contributed by atoms with Crippen LogP contribution < -0.4 is 5.32 Å². The Bertz CT molecular complexity index is 306. The summed E-state index contributed by atoms with van der Waals surface area (Å²) in [5.74, 6) is 0. The van der Waals surface area contributed by atoms with Crippen molar-refractivity contribution in [3.05, 3.63) is 21.3 Å². The Labute approximate surface area is 105 Å². The van der Waals surface area contributed by atoms with Gasteiger partial charge in [-0.15, -0.1) is 11.3 Å². The molecule has 0 aromatic carbocycles. The average molecular weight is 264 g/mol. The highest BCUT2D eigenvalue weighted by molar-refractivity contribution is 7.16. The summed E-state index contributed by atoms with van der Waals surface area (Å²) >= 11 is 7.21. The van der Waals surface area contributed by atoms with Crippen molar-refractivity contribution in [2.45, 2.75) is 26.0 Å². The molecule has 0 aliphatic carbocycles. The van der Waals surface area contributed by atoms with E-state index < -0.39 is 6.10 Å². The van der Waals surface area contributed by atoms with E-state index in [1.807, 2.05) is 19.9 Å². The van der Waals surface area contributed by atoms with E-state index in [1.54, 1.807) is 6.07 Å². The van der Waals surface area contributed by atoms with Crippen molar-refractivity contribution in [3.63, 3.8) is 0 Å². The Morgan fingerprint density at radius 2 is 2.31 bits per heavy atom. The number of hydrogen-bond acceptors (Lipinski definition) is 4. The summed E-state index contributed by atoms with van der Waals surface area (Å²) in [6.07, 6.45) is -0.499. The van der Waals surface area contributed by atoms with Crippen LogP contribution in [0, 0.1) is 0 Å². The normalized spacial score (nSPS) is 15.0. The number of halogens is 1. The fourth-order valence-electron chi connectivity index (χ4n) is 1.27. The van der Waals surface area contributed by atoms with Gasteiger partial charge in [0.15, 0.2) is 0 Å². The molecule has 3 nitrogen and oxygen atoms in total. The van der Waals surface area contributed by atoms with Gasteiger partial charge in [0.05, 0.1) is 10.9 Å².